The Morgan fingerprint density at radius 2 is 0.980 bits per heavy atom. The fourth-order valence-electron chi connectivity index (χ4n) is 8.26. The molecule has 2 aliphatic rings. The predicted octanol–water partition coefficient (Wildman–Crippen LogP) is 13.7. The van der Waals surface area contributed by atoms with E-state index in [4.69, 9.17) is 4.74 Å². The summed E-state index contributed by atoms with van der Waals surface area (Å²) < 4.78 is 6.89. The maximum atomic E-state index is 6.89. The summed E-state index contributed by atoms with van der Waals surface area (Å²) in [6.07, 6.45) is 0. The van der Waals surface area contributed by atoms with Gasteiger partial charge in [-0.3, -0.25) is 0 Å². The van der Waals surface area contributed by atoms with Crippen LogP contribution in [0.15, 0.2) is 176 Å². The van der Waals surface area contributed by atoms with Crippen LogP contribution in [0.1, 0.15) is 25.0 Å². The van der Waals surface area contributed by atoms with Crippen molar-refractivity contribution in [2.24, 2.45) is 0 Å². The molecule has 0 fully saturated rings. The molecule has 0 N–H and O–H groups in total. The van der Waals surface area contributed by atoms with Crippen LogP contribution in [0.4, 0.5) is 17.1 Å². The minimum atomic E-state index is -0.0949. The number of rotatable bonds is 4. The summed E-state index contributed by atoms with van der Waals surface area (Å²) >= 11 is 0. The SMILES string of the molecule is CC1(C)c2ccccc2-c2ccc(N(c3ccccc3)c3ccc4c(c3)-c3ccccc3-c3ccc(-c5ccc6ccccc6c5)cc3O4)cc21. The lowest BCUT2D eigenvalue weighted by molar-refractivity contribution is 0.488. The van der Waals surface area contributed by atoms with Gasteiger partial charge in [-0.05, 0) is 116 Å². The Kier molecular flexibility index (Phi) is 6.56. The van der Waals surface area contributed by atoms with Crippen molar-refractivity contribution in [3.63, 3.8) is 0 Å². The molecule has 1 heterocycles. The van der Waals surface area contributed by atoms with Crippen LogP contribution >= 0.6 is 0 Å². The first-order chi connectivity index (χ1) is 25.0. The van der Waals surface area contributed by atoms with E-state index in [2.05, 4.69) is 195 Å². The fraction of sp³-hybridized carbons (Fsp3) is 0.0612. The van der Waals surface area contributed by atoms with Gasteiger partial charge in [0.25, 0.3) is 0 Å². The molecule has 8 aromatic carbocycles. The molecule has 2 nitrogen and oxygen atoms in total. The number of anilines is 3. The summed E-state index contributed by atoms with van der Waals surface area (Å²) in [5.41, 5.74) is 15.4. The Morgan fingerprint density at radius 1 is 0.373 bits per heavy atom. The minimum Gasteiger partial charge on any atom is -0.456 e. The molecule has 0 radical (unpaired) electrons. The number of hydrogen-bond donors (Lipinski definition) is 0. The van der Waals surface area contributed by atoms with Crippen molar-refractivity contribution in [3.05, 3.63) is 187 Å². The summed E-state index contributed by atoms with van der Waals surface area (Å²) in [5.74, 6) is 1.71. The number of fused-ring (bicyclic) bond motifs is 9. The summed E-state index contributed by atoms with van der Waals surface area (Å²) in [6, 6.07) is 63.6. The second kappa shape index (κ2) is 11.3. The van der Waals surface area contributed by atoms with Gasteiger partial charge in [-0.15, -0.1) is 0 Å². The first kappa shape index (κ1) is 29.5. The first-order valence-corrected chi connectivity index (χ1v) is 17.7. The van der Waals surface area contributed by atoms with Crippen LogP contribution in [0.5, 0.6) is 11.5 Å². The van der Waals surface area contributed by atoms with Crippen LogP contribution < -0.4 is 9.64 Å². The van der Waals surface area contributed by atoms with Gasteiger partial charge in [0.2, 0.25) is 0 Å². The highest BCUT2D eigenvalue weighted by Crippen LogP contribution is 2.52. The lowest BCUT2D eigenvalue weighted by Gasteiger charge is -2.28. The van der Waals surface area contributed by atoms with Gasteiger partial charge in [-0.2, -0.15) is 0 Å². The van der Waals surface area contributed by atoms with Crippen molar-refractivity contribution in [1.82, 2.24) is 0 Å². The molecule has 0 saturated carbocycles. The Hall–Kier alpha value is -6.38. The number of nitrogens with zero attached hydrogens (tertiary/aromatic N) is 1. The van der Waals surface area contributed by atoms with Gasteiger partial charge in [0.1, 0.15) is 11.5 Å². The second-order valence-electron chi connectivity index (χ2n) is 14.2. The first-order valence-electron chi connectivity index (χ1n) is 17.7. The molecule has 2 heteroatoms. The molecular formula is C49H35NO. The van der Waals surface area contributed by atoms with Crippen molar-refractivity contribution < 1.29 is 4.74 Å². The summed E-state index contributed by atoms with van der Waals surface area (Å²) in [5, 5.41) is 2.47. The molecule has 1 aliphatic carbocycles. The minimum absolute atomic E-state index is 0.0949. The molecule has 0 spiro atoms. The highest BCUT2D eigenvalue weighted by molar-refractivity contribution is 5.95. The normalized spacial score (nSPS) is 13.2. The van der Waals surface area contributed by atoms with Gasteiger partial charge >= 0.3 is 0 Å². The van der Waals surface area contributed by atoms with Gasteiger partial charge < -0.3 is 9.64 Å². The molecule has 0 bridgehead atoms. The Bertz CT molecular complexity index is 2650. The maximum absolute atomic E-state index is 6.89. The third-order valence-corrected chi connectivity index (χ3v) is 10.9. The van der Waals surface area contributed by atoms with E-state index in [-0.39, 0.29) is 5.41 Å². The predicted molar refractivity (Wildman–Crippen MR) is 213 cm³/mol. The standard InChI is InChI=1S/C49H35NO/c1-49(2)45-19-11-10-18-41(45)42-26-23-38(31-46(42)49)50(36-14-4-3-5-15-36)37-24-27-47-44(30-37)40-17-9-8-16-39(40)43-25-22-35(29-48(43)51-47)34-21-20-32-12-6-7-13-33(32)28-34/h3-31H,1-2H3. The molecule has 0 unspecified atom stereocenters. The second-order valence-corrected chi connectivity index (χ2v) is 14.2. The van der Waals surface area contributed by atoms with Crippen LogP contribution in [0, 0.1) is 0 Å². The van der Waals surface area contributed by atoms with Gasteiger partial charge in [0.15, 0.2) is 0 Å². The zero-order valence-corrected chi connectivity index (χ0v) is 28.6. The number of ether oxygens (including phenoxy) is 1. The molecular weight excluding hydrogens is 619 g/mol. The van der Waals surface area contributed by atoms with Crippen molar-refractivity contribution >= 4 is 27.8 Å². The lowest BCUT2D eigenvalue weighted by Crippen LogP contribution is -2.16. The van der Waals surface area contributed by atoms with E-state index in [1.54, 1.807) is 0 Å². The monoisotopic (exact) mass is 653 g/mol. The average molecular weight is 654 g/mol. The molecule has 0 atom stereocenters. The van der Waals surface area contributed by atoms with Crippen LogP contribution in [0.3, 0.4) is 0 Å². The van der Waals surface area contributed by atoms with Gasteiger partial charge in [-0.1, -0.05) is 129 Å². The molecule has 10 rings (SSSR count). The van der Waals surface area contributed by atoms with Gasteiger partial charge in [-0.25, -0.2) is 0 Å². The summed E-state index contributed by atoms with van der Waals surface area (Å²) in [4.78, 5) is 2.37. The Labute approximate surface area is 298 Å². The topological polar surface area (TPSA) is 12.5 Å². The number of para-hydroxylation sites is 1. The van der Waals surface area contributed by atoms with E-state index in [1.165, 1.54) is 38.6 Å². The van der Waals surface area contributed by atoms with Crippen LogP contribution in [-0.2, 0) is 5.41 Å². The zero-order chi connectivity index (χ0) is 34.1. The van der Waals surface area contributed by atoms with E-state index in [0.717, 1.165) is 56.4 Å². The third-order valence-electron chi connectivity index (χ3n) is 10.9. The molecule has 0 saturated heterocycles. The molecule has 1 aliphatic heterocycles. The third kappa shape index (κ3) is 4.71. The van der Waals surface area contributed by atoms with Crippen molar-refractivity contribution in [1.29, 1.82) is 0 Å². The Morgan fingerprint density at radius 3 is 1.82 bits per heavy atom. The molecule has 51 heavy (non-hydrogen) atoms. The van der Waals surface area contributed by atoms with E-state index >= 15 is 0 Å². The summed E-state index contributed by atoms with van der Waals surface area (Å²) in [7, 11) is 0. The van der Waals surface area contributed by atoms with Crippen LogP contribution in [0.2, 0.25) is 0 Å². The fourth-order valence-corrected chi connectivity index (χ4v) is 8.26. The highest BCUT2D eigenvalue weighted by Gasteiger charge is 2.36. The van der Waals surface area contributed by atoms with E-state index in [1.807, 2.05) is 0 Å². The summed E-state index contributed by atoms with van der Waals surface area (Å²) in [6.45, 7) is 4.68. The van der Waals surface area contributed by atoms with Crippen molar-refractivity contribution in [2.75, 3.05) is 4.90 Å². The van der Waals surface area contributed by atoms with Gasteiger partial charge in [0.05, 0.1) is 0 Å². The van der Waals surface area contributed by atoms with E-state index in [0.29, 0.717) is 0 Å². The maximum Gasteiger partial charge on any atom is 0.135 e. The van der Waals surface area contributed by atoms with Crippen molar-refractivity contribution in [3.8, 4) is 56.0 Å². The number of benzene rings is 8. The molecule has 8 aromatic rings. The van der Waals surface area contributed by atoms with Crippen LogP contribution in [-0.4, -0.2) is 0 Å². The van der Waals surface area contributed by atoms with Gasteiger partial charge in [0, 0.05) is 33.6 Å². The van der Waals surface area contributed by atoms with E-state index < -0.39 is 0 Å². The number of hydrogen-bond acceptors (Lipinski definition) is 2. The largest absolute Gasteiger partial charge is 0.456 e. The van der Waals surface area contributed by atoms with E-state index in [9.17, 15) is 0 Å². The zero-order valence-electron chi connectivity index (χ0n) is 28.6. The highest BCUT2D eigenvalue weighted by atomic mass is 16.5. The average Bonchev–Trinajstić information content (AvgIpc) is 3.31. The smallest absolute Gasteiger partial charge is 0.135 e. The van der Waals surface area contributed by atoms with Crippen LogP contribution in [0.25, 0.3) is 55.3 Å². The molecule has 0 aromatic heterocycles. The lowest BCUT2D eigenvalue weighted by atomic mass is 9.82. The van der Waals surface area contributed by atoms with Crippen molar-refractivity contribution in [2.45, 2.75) is 19.3 Å². The quantitative estimate of drug-likeness (QED) is 0.187. The molecule has 0 amide bonds. The Balaban J connectivity index is 1.11. The molecule has 242 valence electrons.